The molecule has 0 saturated carbocycles. The number of aryl methyl sites for hydroxylation is 1. The number of hydrogen-bond donors (Lipinski definition) is 2. The van der Waals surface area contributed by atoms with Gasteiger partial charge >= 0.3 is 0 Å². The Morgan fingerprint density at radius 3 is 2.66 bits per heavy atom. The van der Waals surface area contributed by atoms with Crippen LogP contribution in [0.3, 0.4) is 0 Å². The topological polar surface area (TPSA) is 130 Å². The molecule has 0 spiro atoms. The molecule has 12 heteroatoms. The number of fused-ring (bicyclic) bond motifs is 1. The number of pyridine rings is 1. The lowest BCUT2D eigenvalue weighted by Crippen LogP contribution is -2.49. The number of nitrogens with one attached hydrogen (secondary N) is 1. The zero-order valence-electron chi connectivity index (χ0n) is 22.0. The predicted molar refractivity (Wildman–Crippen MR) is 142 cm³/mol. The van der Waals surface area contributed by atoms with Crippen LogP contribution in [0.25, 0.3) is 0 Å². The molecule has 3 atom stereocenters. The zero-order chi connectivity index (χ0) is 27.4. The Kier molecular flexibility index (Phi) is 8.34. The summed E-state index contributed by atoms with van der Waals surface area (Å²) in [6.45, 7) is 5.27. The number of aromatic nitrogens is 3. The molecule has 1 aliphatic rings. The Hall–Kier alpha value is -3.48. The van der Waals surface area contributed by atoms with E-state index in [1.165, 1.54) is 23.2 Å². The fraction of sp³-hybridized carbons (Fsp3) is 0.423. The molecule has 3 heterocycles. The van der Waals surface area contributed by atoms with Crippen molar-refractivity contribution in [3.8, 4) is 5.75 Å². The van der Waals surface area contributed by atoms with Gasteiger partial charge in [0, 0.05) is 56.9 Å². The smallest absolute Gasteiger partial charge is 0.280 e. The molecule has 4 rings (SSSR count). The molecule has 0 fully saturated rings. The SMILES string of the molecule is C[C@H]1CN([C@@H](C)CO)C(=O)c2cc(NS(=O)(=O)c3cn(C)cn3)ccc2O[C@@H]1CN(C)Cc1ccncc1. The molecule has 1 aliphatic heterocycles. The van der Waals surface area contributed by atoms with Gasteiger partial charge in [0.05, 0.1) is 24.5 Å². The van der Waals surface area contributed by atoms with Gasteiger partial charge < -0.3 is 19.3 Å². The number of hydrogen-bond acceptors (Lipinski definition) is 8. The van der Waals surface area contributed by atoms with Gasteiger partial charge in [-0.15, -0.1) is 0 Å². The summed E-state index contributed by atoms with van der Waals surface area (Å²) in [7, 11) is -0.270. The van der Waals surface area contributed by atoms with Crippen molar-refractivity contribution in [3.05, 3.63) is 66.4 Å². The molecule has 2 N–H and O–H groups in total. The molecule has 11 nitrogen and oxygen atoms in total. The van der Waals surface area contributed by atoms with Gasteiger partial charge in [0.25, 0.3) is 15.9 Å². The Bertz CT molecular complexity index is 1360. The normalized spacial score (nSPS) is 18.9. The van der Waals surface area contributed by atoms with Gasteiger partial charge in [-0.1, -0.05) is 6.92 Å². The number of sulfonamides is 1. The van der Waals surface area contributed by atoms with Crippen LogP contribution in [-0.4, -0.2) is 82.7 Å². The number of anilines is 1. The number of amides is 1. The second kappa shape index (κ2) is 11.5. The van der Waals surface area contributed by atoms with Crippen molar-refractivity contribution in [1.29, 1.82) is 0 Å². The minimum absolute atomic E-state index is 0.0386. The number of aliphatic hydroxyl groups excluding tert-OH is 1. The monoisotopic (exact) mass is 542 g/mol. The Labute approximate surface area is 223 Å². The van der Waals surface area contributed by atoms with Gasteiger partial charge in [0.15, 0.2) is 5.03 Å². The summed E-state index contributed by atoms with van der Waals surface area (Å²) in [6, 6.07) is 8.15. The van der Waals surface area contributed by atoms with E-state index in [1.54, 1.807) is 43.4 Å². The Morgan fingerprint density at radius 2 is 2.00 bits per heavy atom. The first-order valence-electron chi connectivity index (χ1n) is 12.4. The van der Waals surface area contributed by atoms with E-state index in [4.69, 9.17) is 4.74 Å². The van der Waals surface area contributed by atoms with E-state index < -0.39 is 16.1 Å². The highest BCUT2D eigenvalue weighted by Crippen LogP contribution is 2.31. The fourth-order valence-electron chi connectivity index (χ4n) is 4.41. The summed E-state index contributed by atoms with van der Waals surface area (Å²) < 4.78 is 36.1. The number of ether oxygens (including phenoxy) is 1. The quantitative estimate of drug-likeness (QED) is 0.420. The van der Waals surface area contributed by atoms with Crippen LogP contribution < -0.4 is 9.46 Å². The van der Waals surface area contributed by atoms with Crippen LogP contribution in [0.4, 0.5) is 5.69 Å². The van der Waals surface area contributed by atoms with Gasteiger partial charge in [-0.25, -0.2) is 4.98 Å². The van der Waals surface area contributed by atoms with Crippen LogP contribution in [0.1, 0.15) is 29.8 Å². The second-order valence-corrected chi connectivity index (χ2v) is 11.5. The van der Waals surface area contributed by atoms with E-state index in [9.17, 15) is 18.3 Å². The number of aliphatic hydroxyl groups is 1. The van der Waals surface area contributed by atoms with E-state index in [1.807, 2.05) is 26.1 Å². The third-order valence-corrected chi connectivity index (χ3v) is 7.83. The maximum absolute atomic E-state index is 13.6. The molecule has 3 aromatic rings. The van der Waals surface area contributed by atoms with E-state index in [-0.39, 0.29) is 40.8 Å². The van der Waals surface area contributed by atoms with Crippen LogP contribution in [0, 0.1) is 5.92 Å². The summed E-state index contributed by atoms with van der Waals surface area (Å²) >= 11 is 0. The van der Waals surface area contributed by atoms with Crippen LogP contribution in [0.15, 0.2) is 60.3 Å². The first kappa shape index (κ1) is 27.6. The van der Waals surface area contributed by atoms with E-state index in [0.29, 0.717) is 25.4 Å². The lowest BCUT2D eigenvalue weighted by molar-refractivity contribution is 0.0341. The number of nitrogens with zero attached hydrogens (tertiary/aromatic N) is 5. The standard InChI is InChI=1S/C26H34N6O5S/c1-18-12-32(19(2)16-33)26(34)22-11-21(29-38(35,36)25-15-31(4)17-28-25)5-6-23(22)37-24(18)14-30(3)13-20-7-9-27-10-8-20/h5-11,15,17-19,24,29,33H,12-14,16H2,1-4H3/t18-,19-,24+/m0/s1. The van der Waals surface area contributed by atoms with Crippen LogP contribution in [0.2, 0.25) is 0 Å². The van der Waals surface area contributed by atoms with E-state index >= 15 is 0 Å². The molecule has 38 heavy (non-hydrogen) atoms. The third kappa shape index (κ3) is 6.32. The Morgan fingerprint density at radius 1 is 1.26 bits per heavy atom. The summed E-state index contributed by atoms with van der Waals surface area (Å²) in [5.74, 6) is -0.0148. The van der Waals surface area contributed by atoms with E-state index in [0.717, 1.165) is 5.56 Å². The van der Waals surface area contributed by atoms with Gasteiger partial charge in [0.1, 0.15) is 11.9 Å². The number of rotatable bonds is 9. The maximum Gasteiger partial charge on any atom is 0.280 e. The first-order chi connectivity index (χ1) is 18.1. The number of carbonyl (C=O) groups is 1. The van der Waals surface area contributed by atoms with Crippen molar-refractivity contribution >= 4 is 21.6 Å². The molecule has 1 amide bonds. The summed E-state index contributed by atoms with van der Waals surface area (Å²) in [4.78, 5) is 25.4. The number of carbonyl (C=O) groups excluding carboxylic acids is 1. The highest BCUT2D eigenvalue weighted by Gasteiger charge is 2.34. The van der Waals surface area contributed by atoms with Crippen molar-refractivity contribution in [2.24, 2.45) is 13.0 Å². The zero-order valence-corrected chi connectivity index (χ0v) is 22.8. The highest BCUT2D eigenvalue weighted by atomic mass is 32.2. The summed E-state index contributed by atoms with van der Waals surface area (Å²) in [5, 5.41) is 9.74. The van der Waals surface area contributed by atoms with Gasteiger partial charge in [-0.2, -0.15) is 8.42 Å². The van der Waals surface area contributed by atoms with Crippen LogP contribution in [-0.2, 0) is 23.6 Å². The molecule has 0 saturated heterocycles. The van der Waals surface area contributed by atoms with E-state index in [2.05, 4.69) is 19.6 Å². The van der Waals surface area contributed by atoms with Crippen LogP contribution >= 0.6 is 0 Å². The number of imidazole rings is 1. The second-order valence-electron chi connectivity index (χ2n) is 9.87. The van der Waals surface area contributed by atoms with Gasteiger partial charge in [-0.05, 0) is 49.9 Å². The van der Waals surface area contributed by atoms with Gasteiger partial charge in [-0.3, -0.25) is 19.4 Å². The lowest BCUT2D eigenvalue weighted by atomic mass is 9.99. The molecule has 0 aliphatic carbocycles. The maximum atomic E-state index is 13.6. The first-order valence-corrected chi connectivity index (χ1v) is 13.9. The average molecular weight is 543 g/mol. The van der Waals surface area contributed by atoms with Crippen molar-refractivity contribution in [2.45, 2.75) is 37.6 Å². The fourth-order valence-corrected chi connectivity index (χ4v) is 5.44. The minimum Gasteiger partial charge on any atom is -0.488 e. The molecular formula is C26H34N6O5S. The summed E-state index contributed by atoms with van der Waals surface area (Å²) in [6.07, 6.45) is 6.04. The van der Waals surface area contributed by atoms with Crippen molar-refractivity contribution in [1.82, 2.24) is 24.3 Å². The van der Waals surface area contributed by atoms with Crippen LogP contribution in [0.5, 0.6) is 5.75 Å². The summed E-state index contributed by atoms with van der Waals surface area (Å²) in [5.41, 5.74) is 1.56. The van der Waals surface area contributed by atoms with Crippen molar-refractivity contribution in [2.75, 3.05) is 31.5 Å². The Balaban J connectivity index is 1.63. The molecule has 2 aromatic heterocycles. The molecule has 1 aromatic carbocycles. The number of likely N-dealkylation sites (N-methyl/N-ethyl adjacent to an activating group) is 1. The highest BCUT2D eigenvalue weighted by molar-refractivity contribution is 7.92. The molecule has 0 unspecified atom stereocenters. The number of benzene rings is 1. The van der Waals surface area contributed by atoms with Crippen molar-refractivity contribution in [3.63, 3.8) is 0 Å². The minimum atomic E-state index is -3.95. The van der Waals surface area contributed by atoms with Crippen molar-refractivity contribution < 1.29 is 23.1 Å². The predicted octanol–water partition coefficient (Wildman–Crippen LogP) is 1.97. The molecular weight excluding hydrogens is 508 g/mol. The lowest BCUT2D eigenvalue weighted by Gasteiger charge is -2.38. The average Bonchev–Trinajstić information content (AvgIpc) is 3.34. The molecule has 204 valence electrons. The largest absolute Gasteiger partial charge is 0.488 e. The molecule has 0 radical (unpaired) electrons. The molecule has 0 bridgehead atoms. The van der Waals surface area contributed by atoms with Gasteiger partial charge in [0.2, 0.25) is 0 Å². The third-order valence-electron chi connectivity index (χ3n) is 6.57.